The normalized spacial score (nSPS) is 12.5. The van der Waals surface area contributed by atoms with Crippen LogP contribution in [0.15, 0.2) is 12.4 Å². The Bertz CT molecular complexity index is 586. The van der Waals surface area contributed by atoms with Crippen molar-refractivity contribution in [2.45, 2.75) is 26.4 Å². The number of aliphatic hydroxyl groups is 1. The van der Waals surface area contributed by atoms with Crippen LogP contribution in [0.3, 0.4) is 0 Å². The lowest BCUT2D eigenvalue weighted by molar-refractivity contribution is 0.176. The molecule has 1 atom stereocenters. The third-order valence-electron chi connectivity index (χ3n) is 2.92. The number of pyridine rings is 1. The molecule has 0 aliphatic rings. The number of ether oxygens (including phenoxy) is 1. The number of aliphatic hydroxyl groups excluding tert-OH is 1. The van der Waals surface area contributed by atoms with Crippen molar-refractivity contribution in [3.63, 3.8) is 0 Å². The van der Waals surface area contributed by atoms with Crippen LogP contribution in [0, 0.1) is 13.8 Å². The molecule has 0 aliphatic heterocycles. The molecule has 2 heterocycles. The van der Waals surface area contributed by atoms with Gasteiger partial charge in [-0.1, -0.05) is 11.6 Å². The highest BCUT2D eigenvalue weighted by Crippen LogP contribution is 2.29. The van der Waals surface area contributed by atoms with Gasteiger partial charge in [0.1, 0.15) is 21.2 Å². The van der Waals surface area contributed by atoms with Crippen molar-refractivity contribution in [3.05, 3.63) is 38.6 Å². The number of aryl methyl sites for hydroxylation is 1. The van der Waals surface area contributed by atoms with Gasteiger partial charge in [-0.25, -0.2) is 4.98 Å². The zero-order valence-electron chi connectivity index (χ0n) is 11.0. The van der Waals surface area contributed by atoms with E-state index in [4.69, 9.17) is 16.3 Å². The first-order valence-corrected chi connectivity index (χ1v) is 7.00. The third kappa shape index (κ3) is 3.05. The van der Waals surface area contributed by atoms with Crippen LogP contribution < -0.4 is 4.74 Å². The molecule has 0 aromatic carbocycles. The fraction of sp³-hybridized carbons (Fsp3) is 0.385. The van der Waals surface area contributed by atoms with E-state index in [0.717, 1.165) is 22.6 Å². The van der Waals surface area contributed by atoms with E-state index in [1.54, 1.807) is 19.5 Å². The molecule has 1 unspecified atom stereocenters. The standard InChI is InChI=1S/C13H15ClN2O2S/c1-7-5-15-9(8(2)12(7)18-3)4-10(17)13-16-6-11(14)19-13/h5-6,10,17H,4H2,1-3H3. The Morgan fingerprint density at radius 2 is 2.11 bits per heavy atom. The van der Waals surface area contributed by atoms with Gasteiger partial charge in [0.2, 0.25) is 0 Å². The van der Waals surface area contributed by atoms with Gasteiger partial charge in [-0.2, -0.15) is 0 Å². The van der Waals surface area contributed by atoms with Crippen molar-refractivity contribution in [1.29, 1.82) is 0 Å². The first kappa shape index (κ1) is 14.2. The fourth-order valence-corrected chi connectivity index (χ4v) is 2.88. The maximum Gasteiger partial charge on any atom is 0.128 e. The molecule has 2 aromatic heterocycles. The molecule has 4 nitrogen and oxygen atoms in total. The van der Waals surface area contributed by atoms with Crippen molar-refractivity contribution in [2.75, 3.05) is 7.11 Å². The summed E-state index contributed by atoms with van der Waals surface area (Å²) in [6.45, 7) is 3.88. The summed E-state index contributed by atoms with van der Waals surface area (Å²) in [5.74, 6) is 0.814. The number of hydrogen-bond donors (Lipinski definition) is 1. The number of aromatic nitrogens is 2. The zero-order chi connectivity index (χ0) is 14.0. The van der Waals surface area contributed by atoms with Crippen LogP contribution in [0.25, 0.3) is 0 Å². The fourth-order valence-electron chi connectivity index (χ4n) is 1.97. The van der Waals surface area contributed by atoms with Gasteiger partial charge in [0.05, 0.1) is 13.3 Å². The molecule has 0 radical (unpaired) electrons. The highest BCUT2D eigenvalue weighted by molar-refractivity contribution is 7.15. The van der Waals surface area contributed by atoms with Crippen molar-refractivity contribution in [2.24, 2.45) is 0 Å². The van der Waals surface area contributed by atoms with E-state index < -0.39 is 6.10 Å². The van der Waals surface area contributed by atoms with Crippen LogP contribution in [-0.2, 0) is 6.42 Å². The molecule has 0 fully saturated rings. The monoisotopic (exact) mass is 298 g/mol. The Balaban J connectivity index is 2.24. The minimum absolute atomic E-state index is 0.395. The second-order valence-electron chi connectivity index (χ2n) is 4.27. The van der Waals surface area contributed by atoms with E-state index in [9.17, 15) is 5.11 Å². The second kappa shape index (κ2) is 5.86. The molecule has 0 aliphatic carbocycles. The predicted molar refractivity (Wildman–Crippen MR) is 76.1 cm³/mol. The van der Waals surface area contributed by atoms with Crippen LogP contribution in [0.2, 0.25) is 4.34 Å². The first-order valence-electron chi connectivity index (χ1n) is 5.81. The lowest BCUT2D eigenvalue weighted by Gasteiger charge is -2.14. The van der Waals surface area contributed by atoms with Gasteiger partial charge in [-0.05, 0) is 13.8 Å². The molecule has 0 saturated carbocycles. The summed E-state index contributed by atoms with van der Waals surface area (Å²) < 4.78 is 5.92. The van der Waals surface area contributed by atoms with E-state index in [1.165, 1.54) is 11.3 Å². The van der Waals surface area contributed by atoms with Crippen LogP contribution in [-0.4, -0.2) is 22.2 Å². The average molecular weight is 299 g/mol. The Hall–Kier alpha value is -1.17. The van der Waals surface area contributed by atoms with Crippen molar-refractivity contribution >= 4 is 22.9 Å². The topological polar surface area (TPSA) is 55.2 Å². The number of hydrogen-bond acceptors (Lipinski definition) is 5. The summed E-state index contributed by atoms with van der Waals surface area (Å²) in [5, 5.41) is 10.8. The van der Waals surface area contributed by atoms with Crippen LogP contribution >= 0.6 is 22.9 Å². The summed E-state index contributed by atoms with van der Waals surface area (Å²) in [5.41, 5.74) is 2.74. The van der Waals surface area contributed by atoms with E-state index in [2.05, 4.69) is 9.97 Å². The van der Waals surface area contributed by atoms with Crippen LogP contribution in [0.4, 0.5) is 0 Å². The smallest absolute Gasteiger partial charge is 0.128 e. The quantitative estimate of drug-likeness (QED) is 0.942. The van der Waals surface area contributed by atoms with Crippen molar-refractivity contribution < 1.29 is 9.84 Å². The van der Waals surface area contributed by atoms with E-state index in [-0.39, 0.29) is 0 Å². The number of nitrogens with zero attached hydrogens (tertiary/aromatic N) is 2. The van der Waals surface area contributed by atoms with Gasteiger partial charge in [0, 0.05) is 29.4 Å². The molecular formula is C13H15ClN2O2S. The van der Waals surface area contributed by atoms with E-state index in [1.807, 2.05) is 13.8 Å². The van der Waals surface area contributed by atoms with Crippen molar-refractivity contribution in [3.8, 4) is 5.75 Å². The summed E-state index contributed by atoms with van der Waals surface area (Å²) in [4.78, 5) is 8.44. The number of methoxy groups -OCH3 is 1. The molecule has 19 heavy (non-hydrogen) atoms. The highest BCUT2D eigenvalue weighted by atomic mass is 35.5. The molecule has 2 rings (SSSR count). The largest absolute Gasteiger partial charge is 0.496 e. The molecule has 1 N–H and O–H groups in total. The van der Waals surface area contributed by atoms with E-state index >= 15 is 0 Å². The minimum Gasteiger partial charge on any atom is -0.496 e. The second-order valence-corrected chi connectivity index (χ2v) is 5.96. The summed E-state index contributed by atoms with van der Waals surface area (Å²) in [6, 6.07) is 0. The molecule has 102 valence electrons. The molecule has 0 saturated heterocycles. The number of rotatable bonds is 4. The van der Waals surface area contributed by atoms with Gasteiger partial charge >= 0.3 is 0 Å². The number of halogens is 1. The third-order valence-corrected chi connectivity index (χ3v) is 4.13. The lowest BCUT2D eigenvalue weighted by Crippen LogP contribution is -2.06. The van der Waals surface area contributed by atoms with Crippen LogP contribution in [0.1, 0.15) is 27.9 Å². The van der Waals surface area contributed by atoms with Gasteiger partial charge in [-0.15, -0.1) is 11.3 Å². The molecule has 0 bridgehead atoms. The minimum atomic E-state index is -0.698. The molecule has 0 amide bonds. The molecule has 0 spiro atoms. The highest BCUT2D eigenvalue weighted by Gasteiger charge is 2.17. The van der Waals surface area contributed by atoms with Gasteiger partial charge in [-0.3, -0.25) is 4.98 Å². The predicted octanol–water partition coefficient (Wildman–Crippen LogP) is 3.09. The van der Waals surface area contributed by atoms with Crippen molar-refractivity contribution in [1.82, 2.24) is 9.97 Å². The Labute approximate surface area is 121 Å². The molecule has 2 aromatic rings. The Morgan fingerprint density at radius 1 is 1.37 bits per heavy atom. The Morgan fingerprint density at radius 3 is 2.68 bits per heavy atom. The summed E-state index contributed by atoms with van der Waals surface area (Å²) >= 11 is 7.10. The van der Waals surface area contributed by atoms with Crippen LogP contribution in [0.5, 0.6) is 5.75 Å². The maximum atomic E-state index is 10.2. The lowest BCUT2D eigenvalue weighted by atomic mass is 10.1. The summed E-state index contributed by atoms with van der Waals surface area (Å²) in [6.07, 6.45) is 2.99. The Kier molecular flexibility index (Phi) is 4.39. The maximum absolute atomic E-state index is 10.2. The van der Waals surface area contributed by atoms with Gasteiger partial charge in [0.25, 0.3) is 0 Å². The number of thiazole rings is 1. The zero-order valence-corrected chi connectivity index (χ0v) is 12.5. The SMILES string of the molecule is COc1c(C)cnc(CC(O)c2ncc(Cl)s2)c1C. The first-order chi connectivity index (χ1) is 9.02. The molecular weight excluding hydrogens is 284 g/mol. The average Bonchev–Trinajstić information content (AvgIpc) is 2.80. The van der Waals surface area contributed by atoms with E-state index in [0.29, 0.717) is 15.8 Å². The van der Waals surface area contributed by atoms with Gasteiger partial charge in [0.15, 0.2) is 0 Å². The molecule has 6 heteroatoms. The summed E-state index contributed by atoms with van der Waals surface area (Å²) in [7, 11) is 1.64. The van der Waals surface area contributed by atoms with Gasteiger partial charge < -0.3 is 9.84 Å².